The molecule has 5 rings (SSSR count). The smallest absolute Gasteiger partial charge is 0.383 e. The summed E-state index contributed by atoms with van der Waals surface area (Å²) < 4.78 is 42.2. The zero-order chi connectivity index (χ0) is 27.4. The Labute approximate surface area is 222 Å². The molecule has 1 atom stereocenters. The number of amides is 2. The molecule has 38 heavy (non-hydrogen) atoms. The van der Waals surface area contributed by atoms with E-state index in [4.69, 9.17) is 5.73 Å². The lowest BCUT2D eigenvalue weighted by Crippen LogP contribution is -2.44. The van der Waals surface area contributed by atoms with E-state index in [2.05, 4.69) is 41.2 Å². The van der Waals surface area contributed by atoms with E-state index < -0.39 is 29.6 Å². The third kappa shape index (κ3) is 4.75. The average Bonchev–Trinajstić information content (AvgIpc) is 3.33. The van der Waals surface area contributed by atoms with Crippen molar-refractivity contribution in [1.29, 1.82) is 0 Å². The Morgan fingerprint density at radius 1 is 1.24 bits per heavy atom. The normalized spacial score (nSPS) is 17.3. The Morgan fingerprint density at radius 2 is 2.00 bits per heavy atom. The van der Waals surface area contributed by atoms with E-state index in [9.17, 15) is 22.8 Å². The number of benzene rings is 1. The maximum Gasteiger partial charge on any atom is 0.416 e. The SMILES string of the molecule is CC1(C)C[C@@H](C(=O)Nc2cncc(Br)n2)N(C(=O)Cn2c3ccc(C(F)(F)F)cc3c3c(N)ncnc32)C1. The quantitative estimate of drug-likeness (QED) is 0.367. The van der Waals surface area contributed by atoms with Gasteiger partial charge in [-0.25, -0.2) is 15.0 Å². The summed E-state index contributed by atoms with van der Waals surface area (Å²) >= 11 is 3.21. The lowest BCUT2D eigenvalue weighted by Gasteiger charge is -2.24. The van der Waals surface area contributed by atoms with Gasteiger partial charge in [0.1, 0.15) is 35.0 Å². The number of nitrogens with one attached hydrogen (secondary N) is 1. The lowest BCUT2D eigenvalue weighted by molar-refractivity contribution is -0.137. The minimum absolute atomic E-state index is 0.000199. The van der Waals surface area contributed by atoms with Crippen molar-refractivity contribution >= 4 is 61.3 Å². The van der Waals surface area contributed by atoms with Crippen LogP contribution >= 0.6 is 15.9 Å². The van der Waals surface area contributed by atoms with Gasteiger partial charge in [0.25, 0.3) is 0 Å². The minimum atomic E-state index is -4.57. The fourth-order valence-corrected chi connectivity index (χ4v) is 5.19. The summed E-state index contributed by atoms with van der Waals surface area (Å²) in [5, 5.41) is 3.12. The van der Waals surface area contributed by atoms with Crippen molar-refractivity contribution < 1.29 is 22.8 Å². The van der Waals surface area contributed by atoms with Crippen LogP contribution in [0.25, 0.3) is 21.9 Å². The predicted molar refractivity (Wildman–Crippen MR) is 137 cm³/mol. The standard InChI is InChI=1S/C24H22BrF3N8O2/c1-23(2)6-15(22(38)34-17-8-30-7-16(25)33-17)36(10-23)18(37)9-35-14-4-3-12(24(26,27)28)5-13(14)19-20(29)31-11-32-21(19)35/h3-5,7-8,11,15H,6,9-10H2,1-2H3,(H2,29,31,32)(H,33,34,38)/t15-/m0/s1. The topological polar surface area (TPSA) is 132 Å². The second-order valence-corrected chi connectivity index (χ2v) is 10.7. The minimum Gasteiger partial charge on any atom is -0.383 e. The summed E-state index contributed by atoms with van der Waals surface area (Å²) in [4.78, 5) is 44.6. The molecule has 3 aromatic heterocycles. The van der Waals surface area contributed by atoms with E-state index in [1.807, 2.05) is 13.8 Å². The Balaban J connectivity index is 1.50. The van der Waals surface area contributed by atoms with E-state index in [0.29, 0.717) is 23.1 Å². The first-order valence-corrected chi connectivity index (χ1v) is 12.3. The molecule has 1 aromatic carbocycles. The first kappa shape index (κ1) is 25.8. The molecule has 10 nitrogen and oxygen atoms in total. The average molecular weight is 591 g/mol. The van der Waals surface area contributed by atoms with Gasteiger partial charge in [0.05, 0.1) is 28.9 Å². The number of carbonyl (C=O) groups is 2. The highest BCUT2D eigenvalue weighted by molar-refractivity contribution is 9.10. The molecule has 2 amide bonds. The van der Waals surface area contributed by atoms with Crippen LogP contribution in [0.1, 0.15) is 25.8 Å². The van der Waals surface area contributed by atoms with Crippen molar-refractivity contribution in [3.05, 3.63) is 47.1 Å². The third-order valence-electron chi connectivity index (χ3n) is 6.49. The van der Waals surface area contributed by atoms with Gasteiger partial charge >= 0.3 is 6.18 Å². The van der Waals surface area contributed by atoms with E-state index >= 15 is 0 Å². The van der Waals surface area contributed by atoms with Crippen LogP contribution in [0.15, 0.2) is 41.5 Å². The van der Waals surface area contributed by atoms with Crippen LogP contribution in [0.5, 0.6) is 0 Å². The largest absolute Gasteiger partial charge is 0.416 e. The highest BCUT2D eigenvalue weighted by Gasteiger charge is 2.44. The maximum absolute atomic E-state index is 13.7. The molecule has 0 aliphatic carbocycles. The van der Waals surface area contributed by atoms with Crippen LogP contribution in [0, 0.1) is 5.41 Å². The molecule has 0 spiro atoms. The first-order valence-electron chi connectivity index (χ1n) is 11.5. The van der Waals surface area contributed by atoms with Crippen LogP contribution in [0.2, 0.25) is 0 Å². The molecule has 1 saturated heterocycles. The Bertz CT molecular complexity index is 1590. The van der Waals surface area contributed by atoms with Crippen molar-refractivity contribution in [2.75, 3.05) is 17.6 Å². The monoisotopic (exact) mass is 590 g/mol. The highest BCUT2D eigenvalue weighted by atomic mass is 79.9. The van der Waals surface area contributed by atoms with Crippen molar-refractivity contribution in [2.24, 2.45) is 5.41 Å². The molecule has 1 aliphatic heterocycles. The van der Waals surface area contributed by atoms with Crippen LogP contribution in [0.3, 0.4) is 0 Å². The molecule has 4 heterocycles. The molecule has 0 bridgehead atoms. The van der Waals surface area contributed by atoms with E-state index in [-0.39, 0.29) is 40.0 Å². The predicted octanol–water partition coefficient (Wildman–Crippen LogP) is 4.00. The number of hydrogen-bond donors (Lipinski definition) is 2. The highest BCUT2D eigenvalue weighted by Crippen LogP contribution is 2.38. The van der Waals surface area contributed by atoms with Crippen molar-refractivity contribution in [2.45, 2.75) is 39.0 Å². The van der Waals surface area contributed by atoms with Gasteiger partial charge in [0.2, 0.25) is 11.8 Å². The number of nitrogens with zero attached hydrogens (tertiary/aromatic N) is 6. The number of carbonyl (C=O) groups excluding carboxylic acids is 2. The zero-order valence-corrected chi connectivity index (χ0v) is 21.8. The summed E-state index contributed by atoms with van der Waals surface area (Å²) in [5.41, 5.74) is 5.39. The lowest BCUT2D eigenvalue weighted by atomic mass is 9.90. The molecular formula is C24H22BrF3N8O2. The third-order valence-corrected chi connectivity index (χ3v) is 6.87. The first-order chi connectivity index (χ1) is 17.8. The van der Waals surface area contributed by atoms with Gasteiger partial charge in [-0.1, -0.05) is 13.8 Å². The molecular weight excluding hydrogens is 569 g/mol. The molecule has 4 aromatic rings. The van der Waals surface area contributed by atoms with Crippen molar-refractivity contribution in [1.82, 2.24) is 29.4 Å². The number of fused-ring (bicyclic) bond motifs is 3. The van der Waals surface area contributed by atoms with Gasteiger partial charge < -0.3 is 20.5 Å². The van der Waals surface area contributed by atoms with Gasteiger partial charge in [0, 0.05) is 11.9 Å². The van der Waals surface area contributed by atoms with Crippen LogP contribution < -0.4 is 11.1 Å². The number of anilines is 2. The second-order valence-electron chi connectivity index (χ2n) is 9.90. The summed E-state index contributed by atoms with van der Waals surface area (Å²) in [6.07, 6.45) is -0.0981. The number of aromatic nitrogens is 5. The summed E-state index contributed by atoms with van der Waals surface area (Å²) in [5.74, 6) is -0.580. The van der Waals surface area contributed by atoms with E-state index in [0.717, 1.165) is 12.1 Å². The molecule has 14 heteroatoms. The summed E-state index contributed by atoms with van der Waals surface area (Å²) in [6, 6.07) is 2.42. The van der Waals surface area contributed by atoms with E-state index in [1.54, 1.807) is 0 Å². The van der Waals surface area contributed by atoms with Crippen molar-refractivity contribution in [3.63, 3.8) is 0 Å². The molecule has 0 unspecified atom stereocenters. The van der Waals surface area contributed by atoms with Gasteiger partial charge in [-0.2, -0.15) is 13.2 Å². The number of alkyl halides is 3. The van der Waals surface area contributed by atoms with Crippen LogP contribution in [0.4, 0.5) is 24.8 Å². The van der Waals surface area contributed by atoms with Crippen LogP contribution in [-0.2, 0) is 22.3 Å². The fourth-order valence-electron chi connectivity index (χ4n) is 4.88. The molecule has 198 valence electrons. The Kier molecular flexibility index (Phi) is 6.24. The van der Waals surface area contributed by atoms with Gasteiger partial charge in [-0.15, -0.1) is 0 Å². The molecule has 0 saturated carbocycles. The van der Waals surface area contributed by atoms with E-state index in [1.165, 1.54) is 34.3 Å². The second kappa shape index (κ2) is 9.19. The summed E-state index contributed by atoms with van der Waals surface area (Å²) in [6.45, 7) is 3.94. The number of rotatable bonds is 4. The molecule has 1 fully saturated rings. The molecule has 3 N–H and O–H groups in total. The number of likely N-dealkylation sites (tertiary alicyclic amines) is 1. The van der Waals surface area contributed by atoms with Gasteiger partial charge in [-0.05, 0) is 46.0 Å². The van der Waals surface area contributed by atoms with Crippen LogP contribution in [-0.4, -0.2) is 53.8 Å². The zero-order valence-electron chi connectivity index (χ0n) is 20.3. The number of halogens is 4. The van der Waals surface area contributed by atoms with Crippen molar-refractivity contribution in [3.8, 4) is 0 Å². The Hall–Kier alpha value is -3.81. The van der Waals surface area contributed by atoms with Gasteiger partial charge in [0.15, 0.2) is 5.82 Å². The number of hydrogen-bond acceptors (Lipinski definition) is 7. The maximum atomic E-state index is 13.7. The molecule has 0 radical (unpaired) electrons. The summed E-state index contributed by atoms with van der Waals surface area (Å²) in [7, 11) is 0. The molecule has 1 aliphatic rings. The number of nitrogens with two attached hydrogens (primary N) is 1. The Morgan fingerprint density at radius 3 is 2.71 bits per heavy atom. The fraction of sp³-hybridized carbons (Fsp3) is 0.333. The number of nitrogen functional groups attached to an aromatic ring is 1. The van der Waals surface area contributed by atoms with Gasteiger partial charge in [-0.3, -0.25) is 14.6 Å².